The molecule has 5 heteroatoms. The predicted octanol–water partition coefficient (Wildman–Crippen LogP) is 0.922. The van der Waals surface area contributed by atoms with E-state index in [1.807, 2.05) is 0 Å². The predicted molar refractivity (Wildman–Crippen MR) is 75.5 cm³/mol. The fourth-order valence-electron chi connectivity index (χ4n) is 3.10. The van der Waals surface area contributed by atoms with E-state index in [2.05, 4.69) is 22.2 Å². The summed E-state index contributed by atoms with van der Waals surface area (Å²) in [5.74, 6) is 0.369. The summed E-state index contributed by atoms with van der Waals surface area (Å²) in [5.41, 5.74) is 0.722. The molecule has 0 radical (unpaired) electrons. The van der Waals surface area contributed by atoms with Crippen LogP contribution in [0.4, 0.5) is 0 Å². The Hall–Kier alpha value is -1.46. The quantitative estimate of drug-likeness (QED) is 0.891. The van der Waals surface area contributed by atoms with Crippen LogP contribution in [-0.4, -0.2) is 54.7 Å². The second-order valence-electron chi connectivity index (χ2n) is 6.02. The molecule has 20 heavy (non-hydrogen) atoms. The molecule has 1 N–H and O–H groups in total. The van der Waals surface area contributed by atoms with Gasteiger partial charge in [0.1, 0.15) is 0 Å². The number of aromatic nitrogens is 1. The number of carbonyl (C=O) groups excluding carboxylic acids is 1. The smallest absolute Gasteiger partial charge is 0.252 e. The van der Waals surface area contributed by atoms with Gasteiger partial charge in [0, 0.05) is 32.0 Å². The lowest BCUT2D eigenvalue weighted by Crippen LogP contribution is -2.63. The second-order valence-corrected chi connectivity index (χ2v) is 6.02. The Kier molecular flexibility index (Phi) is 3.72. The van der Waals surface area contributed by atoms with Crippen molar-refractivity contribution >= 4 is 5.91 Å². The van der Waals surface area contributed by atoms with Gasteiger partial charge in [-0.2, -0.15) is 0 Å². The molecule has 0 saturated carbocycles. The van der Waals surface area contributed by atoms with E-state index in [9.17, 15) is 4.79 Å². The van der Waals surface area contributed by atoms with E-state index in [1.165, 1.54) is 0 Å². The van der Waals surface area contributed by atoms with Gasteiger partial charge in [-0.1, -0.05) is 0 Å². The Bertz CT molecular complexity index is 461. The Morgan fingerprint density at radius 1 is 1.60 bits per heavy atom. The molecule has 2 saturated heterocycles. The summed E-state index contributed by atoms with van der Waals surface area (Å²) >= 11 is 0. The SMILES string of the molecule is CN1CC2(CC[C@@H](CNC(=O)c3cccnc3)CO2)C1. The Morgan fingerprint density at radius 2 is 2.45 bits per heavy atom. The summed E-state index contributed by atoms with van der Waals surface area (Å²) in [4.78, 5) is 18.2. The van der Waals surface area contributed by atoms with Gasteiger partial charge >= 0.3 is 0 Å². The van der Waals surface area contributed by atoms with E-state index >= 15 is 0 Å². The maximum absolute atomic E-state index is 11.9. The molecular formula is C15H21N3O2. The van der Waals surface area contributed by atoms with Crippen molar-refractivity contribution in [2.24, 2.45) is 5.92 Å². The average Bonchev–Trinajstić information content (AvgIpc) is 2.46. The third kappa shape index (κ3) is 2.83. The molecule has 1 atom stereocenters. The van der Waals surface area contributed by atoms with Crippen LogP contribution in [0.2, 0.25) is 0 Å². The molecule has 1 amide bonds. The first-order valence-corrected chi connectivity index (χ1v) is 7.18. The van der Waals surface area contributed by atoms with E-state index in [-0.39, 0.29) is 11.5 Å². The summed E-state index contributed by atoms with van der Waals surface area (Å²) in [7, 11) is 2.12. The highest BCUT2D eigenvalue weighted by Gasteiger charge is 2.44. The van der Waals surface area contributed by atoms with E-state index in [1.54, 1.807) is 24.5 Å². The maximum Gasteiger partial charge on any atom is 0.252 e. The van der Waals surface area contributed by atoms with Gasteiger partial charge in [0.05, 0.1) is 17.8 Å². The van der Waals surface area contributed by atoms with Crippen molar-refractivity contribution in [3.63, 3.8) is 0 Å². The lowest BCUT2D eigenvalue weighted by atomic mass is 9.83. The minimum Gasteiger partial charge on any atom is -0.372 e. The van der Waals surface area contributed by atoms with Crippen molar-refractivity contribution in [2.75, 3.05) is 33.3 Å². The first-order valence-electron chi connectivity index (χ1n) is 7.18. The second kappa shape index (κ2) is 5.50. The number of carbonyl (C=O) groups is 1. The van der Waals surface area contributed by atoms with Crippen molar-refractivity contribution in [3.05, 3.63) is 30.1 Å². The summed E-state index contributed by atoms with van der Waals surface area (Å²) in [6.07, 6.45) is 5.48. The van der Waals surface area contributed by atoms with Gasteiger partial charge in [0.2, 0.25) is 0 Å². The monoisotopic (exact) mass is 275 g/mol. The molecule has 1 spiro atoms. The van der Waals surface area contributed by atoms with E-state index in [0.29, 0.717) is 18.0 Å². The Balaban J connectivity index is 1.43. The lowest BCUT2D eigenvalue weighted by molar-refractivity contribution is -0.172. The molecule has 0 aromatic carbocycles. The number of hydrogen-bond donors (Lipinski definition) is 1. The maximum atomic E-state index is 11.9. The number of likely N-dealkylation sites (tertiary alicyclic amines) is 1. The molecule has 1 aromatic rings. The van der Waals surface area contributed by atoms with Crippen molar-refractivity contribution in [1.82, 2.24) is 15.2 Å². The van der Waals surface area contributed by atoms with Crippen LogP contribution in [0.5, 0.6) is 0 Å². The number of hydrogen-bond acceptors (Lipinski definition) is 4. The van der Waals surface area contributed by atoms with Crippen LogP contribution >= 0.6 is 0 Å². The fourth-order valence-corrected chi connectivity index (χ4v) is 3.10. The summed E-state index contributed by atoms with van der Waals surface area (Å²) in [5, 5.41) is 2.97. The number of ether oxygens (including phenoxy) is 1. The first-order chi connectivity index (χ1) is 9.67. The van der Waals surface area contributed by atoms with E-state index < -0.39 is 0 Å². The van der Waals surface area contributed by atoms with Crippen LogP contribution in [0.15, 0.2) is 24.5 Å². The molecule has 2 aliphatic heterocycles. The van der Waals surface area contributed by atoms with Crippen LogP contribution < -0.4 is 5.32 Å². The van der Waals surface area contributed by atoms with Crippen molar-refractivity contribution in [2.45, 2.75) is 18.4 Å². The first kappa shape index (κ1) is 13.5. The van der Waals surface area contributed by atoms with Crippen LogP contribution in [0.3, 0.4) is 0 Å². The highest BCUT2D eigenvalue weighted by Crippen LogP contribution is 2.34. The molecule has 5 nitrogen and oxygen atoms in total. The zero-order valence-electron chi connectivity index (χ0n) is 11.8. The third-order valence-corrected chi connectivity index (χ3v) is 4.22. The number of nitrogens with zero attached hydrogens (tertiary/aromatic N) is 2. The van der Waals surface area contributed by atoms with Gasteiger partial charge in [0.15, 0.2) is 0 Å². The number of pyridine rings is 1. The van der Waals surface area contributed by atoms with Gasteiger partial charge in [-0.25, -0.2) is 0 Å². The van der Waals surface area contributed by atoms with Crippen LogP contribution in [0, 0.1) is 5.92 Å². The summed E-state index contributed by atoms with van der Waals surface area (Å²) < 4.78 is 6.02. The Morgan fingerprint density at radius 3 is 3.05 bits per heavy atom. The van der Waals surface area contributed by atoms with E-state index in [4.69, 9.17) is 4.74 Å². The topological polar surface area (TPSA) is 54.5 Å². The molecular weight excluding hydrogens is 254 g/mol. The van der Waals surface area contributed by atoms with E-state index in [0.717, 1.165) is 32.5 Å². The van der Waals surface area contributed by atoms with Crippen molar-refractivity contribution < 1.29 is 9.53 Å². The largest absolute Gasteiger partial charge is 0.372 e. The molecule has 2 fully saturated rings. The normalized spacial score (nSPS) is 25.1. The highest BCUT2D eigenvalue weighted by molar-refractivity contribution is 5.93. The molecule has 0 unspecified atom stereocenters. The zero-order valence-corrected chi connectivity index (χ0v) is 11.8. The van der Waals surface area contributed by atoms with Crippen LogP contribution in [0.1, 0.15) is 23.2 Å². The summed E-state index contributed by atoms with van der Waals surface area (Å²) in [6.45, 7) is 3.52. The molecule has 0 bridgehead atoms. The van der Waals surface area contributed by atoms with Gasteiger partial charge < -0.3 is 15.0 Å². The van der Waals surface area contributed by atoms with Crippen molar-refractivity contribution in [3.8, 4) is 0 Å². The summed E-state index contributed by atoms with van der Waals surface area (Å²) in [6, 6.07) is 3.55. The number of likely N-dealkylation sites (N-methyl/N-ethyl adjacent to an activating group) is 1. The van der Waals surface area contributed by atoms with Gasteiger partial charge in [-0.05, 0) is 37.9 Å². The minimum atomic E-state index is -0.0539. The van der Waals surface area contributed by atoms with Crippen LogP contribution in [-0.2, 0) is 4.74 Å². The molecule has 0 aliphatic carbocycles. The van der Waals surface area contributed by atoms with Gasteiger partial charge in [-0.15, -0.1) is 0 Å². The van der Waals surface area contributed by atoms with Gasteiger partial charge in [0.25, 0.3) is 5.91 Å². The third-order valence-electron chi connectivity index (χ3n) is 4.22. The van der Waals surface area contributed by atoms with Crippen molar-refractivity contribution in [1.29, 1.82) is 0 Å². The van der Waals surface area contributed by atoms with Crippen LogP contribution in [0.25, 0.3) is 0 Å². The average molecular weight is 275 g/mol. The Labute approximate surface area is 119 Å². The lowest BCUT2D eigenvalue weighted by Gasteiger charge is -2.51. The molecule has 2 aliphatic rings. The molecule has 108 valence electrons. The molecule has 1 aromatic heterocycles. The fraction of sp³-hybridized carbons (Fsp3) is 0.600. The minimum absolute atomic E-state index is 0.0539. The molecule has 3 rings (SSSR count). The zero-order chi connectivity index (χ0) is 14.0. The van der Waals surface area contributed by atoms with Gasteiger partial charge in [-0.3, -0.25) is 9.78 Å². The highest BCUT2D eigenvalue weighted by atomic mass is 16.5. The number of rotatable bonds is 3. The number of amides is 1. The molecule has 3 heterocycles. The number of nitrogens with one attached hydrogen (secondary N) is 1. The standard InChI is InChI=1S/C15H21N3O2/c1-18-10-15(11-18)5-4-12(9-20-15)7-17-14(19)13-3-2-6-16-8-13/h2-3,6,8,12H,4-5,7,9-11H2,1H3,(H,17,19)/t12-/m0/s1.